The number of benzene rings is 2. The molecule has 0 bridgehead atoms. The van der Waals surface area contributed by atoms with E-state index >= 15 is 0 Å². The third-order valence-corrected chi connectivity index (χ3v) is 3.79. The van der Waals surface area contributed by atoms with Gasteiger partial charge >= 0.3 is 0 Å². The van der Waals surface area contributed by atoms with Gasteiger partial charge in [0.15, 0.2) is 0 Å². The Bertz CT molecular complexity index is 602. The number of nitrogens with one attached hydrogen (secondary N) is 1. The molecule has 94 valence electrons. The quantitative estimate of drug-likeness (QED) is 0.885. The monoisotopic (exact) mass is 248 g/mol. The Kier molecular flexibility index (Phi) is 3.31. The Labute approximate surface area is 113 Å². The van der Waals surface area contributed by atoms with Crippen LogP contribution in [0.3, 0.4) is 0 Å². The Balaban J connectivity index is 2.01. The van der Waals surface area contributed by atoms with Crippen LogP contribution in [0.1, 0.15) is 23.5 Å². The first-order valence-corrected chi connectivity index (χ1v) is 6.68. The maximum Gasteiger partial charge on any atom is 0.0991 e. The van der Waals surface area contributed by atoms with Gasteiger partial charge < -0.3 is 5.32 Å². The Morgan fingerprint density at radius 2 is 1.84 bits per heavy atom. The summed E-state index contributed by atoms with van der Waals surface area (Å²) in [4.78, 5) is 0. The van der Waals surface area contributed by atoms with Crippen LogP contribution in [0.2, 0.25) is 0 Å². The van der Waals surface area contributed by atoms with Gasteiger partial charge in [0.2, 0.25) is 0 Å². The van der Waals surface area contributed by atoms with E-state index in [-0.39, 0.29) is 0 Å². The highest BCUT2D eigenvalue weighted by molar-refractivity contribution is 5.68. The van der Waals surface area contributed by atoms with Gasteiger partial charge in [-0.1, -0.05) is 36.4 Å². The summed E-state index contributed by atoms with van der Waals surface area (Å²) in [6, 6.07) is 18.6. The van der Waals surface area contributed by atoms with Crippen molar-refractivity contribution in [1.29, 1.82) is 5.26 Å². The van der Waals surface area contributed by atoms with Crippen LogP contribution in [-0.4, -0.2) is 13.1 Å². The molecule has 0 saturated carbocycles. The summed E-state index contributed by atoms with van der Waals surface area (Å²) in [5, 5.41) is 12.3. The second-order valence-electron chi connectivity index (χ2n) is 4.97. The number of nitrogens with zero attached hydrogens (tertiary/aromatic N) is 1. The van der Waals surface area contributed by atoms with Crippen molar-refractivity contribution in [3.05, 3.63) is 59.7 Å². The molecule has 2 heteroatoms. The minimum Gasteiger partial charge on any atom is -0.316 e. The van der Waals surface area contributed by atoms with E-state index in [1.165, 1.54) is 23.1 Å². The number of rotatable bonds is 2. The first kappa shape index (κ1) is 12.0. The fraction of sp³-hybridized carbons (Fsp3) is 0.235. The molecule has 0 amide bonds. The normalized spacial score (nSPS) is 18.2. The molecule has 2 aromatic carbocycles. The van der Waals surface area contributed by atoms with Crippen molar-refractivity contribution in [2.75, 3.05) is 13.1 Å². The standard InChI is InChI=1S/C17H16N2/c18-11-13-5-7-14(8-6-13)16-3-1-2-4-17(16)15-9-10-19-12-15/h1-8,15,19H,9-10,12H2. The van der Waals surface area contributed by atoms with Crippen molar-refractivity contribution in [3.63, 3.8) is 0 Å². The van der Waals surface area contributed by atoms with E-state index in [4.69, 9.17) is 5.26 Å². The van der Waals surface area contributed by atoms with Crippen LogP contribution in [-0.2, 0) is 0 Å². The first-order chi connectivity index (χ1) is 9.38. The molecule has 1 N–H and O–H groups in total. The van der Waals surface area contributed by atoms with Gasteiger partial charge in [0, 0.05) is 6.54 Å². The van der Waals surface area contributed by atoms with Crippen LogP contribution >= 0.6 is 0 Å². The molecule has 1 atom stereocenters. The lowest BCUT2D eigenvalue weighted by Gasteiger charge is -2.15. The van der Waals surface area contributed by atoms with E-state index in [1.807, 2.05) is 24.3 Å². The van der Waals surface area contributed by atoms with Gasteiger partial charge in [-0.05, 0) is 47.7 Å². The molecule has 1 fully saturated rings. The van der Waals surface area contributed by atoms with Crippen molar-refractivity contribution in [3.8, 4) is 17.2 Å². The predicted molar refractivity (Wildman–Crippen MR) is 76.8 cm³/mol. The lowest BCUT2D eigenvalue weighted by atomic mass is 9.90. The van der Waals surface area contributed by atoms with Crippen LogP contribution < -0.4 is 5.32 Å². The number of nitriles is 1. The van der Waals surface area contributed by atoms with Crippen LogP contribution in [0.4, 0.5) is 0 Å². The van der Waals surface area contributed by atoms with Crippen molar-refractivity contribution >= 4 is 0 Å². The molecule has 1 aliphatic rings. The van der Waals surface area contributed by atoms with Crippen molar-refractivity contribution in [1.82, 2.24) is 5.32 Å². The van der Waals surface area contributed by atoms with Gasteiger partial charge in [-0.25, -0.2) is 0 Å². The maximum atomic E-state index is 8.87. The summed E-state index contributed by atoms with van der Waals surface area (Å²) in [6.45, 7) is 2.17. The molecular formula is C17H16N2. The molecule has 1 aliphatic heterocycles. The SMILES string of the molecule is N#Cc1ccc(-c2ccccc2C2CCNC2)cc1. The van der Waals surface area contributed by atoms with Crippen LogP contribution in [0.25, 0.3) is 11.1 Å². The molecule has 0 aliphatic carbocycles. The zero-order valence-electron chi connectivity index (χ0n) is 10.8. The predicted octanol–water partition coefficient (Wildman–Crippen LogP) is 3.30. The van der Waals surface area contributed by atoms with Crippen LogP contribution in [0.15, 0.2) is 48.5 Å². The summed E-state index contributed by atoms with van der Waals surface area (Å²) in [5.41, 5.74) is 4.61. The fourth-order valence-electron chi connectivity index (χ4n) is 2.76. The summed E-state index contributed by atoms with van der Waals surface area (Å²) in [7, 11) is 0. The molecular weight excluding hydrogens is 232 g/mol. The van der Waals surface area contributed by atoms with Gasteiger partial charge in [0.1, 0.15) is 0 Å². The third kappa shape index (κ3) is 2.38. The van der Waals surface area contributed by atoms with Gasteiger partial charge in [-0.2, -0.15) is 5.26 Å². The number of hydrogen-bond acceptors (Lipinski definition) is 2. The average Bonchev–Trinajstić information content (AvgIpc) is 3.01. The Morgan fingerprint density at radius 3 is 2.53 bits per heavy atom. The van der Waals surface area contributed by atoms with Crippen LogP contribution in [0.5, 0.6) is 0 Å². The minimum absolute atomic E-state index is 0.604. The molecule has 19 heavy (non-hydrogen) atoms. The van der Waals surface area contributed by atoms with E-state index in [0.717, 1.165) is 13.1 Å². The van der Waals surface area contributed by atoms with Crippen molar-refractivity contribution in [2.45, 2.75) is 12.3 Å². The first-order valence-electron chi connectivity index (χ1n) is 6.68. The van der Waals surface area contributed by atoms with Gasteiger partial charge in [0.25, 0.3) is 0 Å². The van der Waals surface area contributed by atoms with Gasteiger partial charge in [-0.15, -0.1) is 0 Å². The summed E-state index contributed by atoms with van der Waals surface area (Å²) >= 11 is 0. The van der Waals surface area contributed by atoms with E-state index < -0.39 is 0 Å². The molecule has 1 unspecified atom stereocenters. The second-order valence-corrected chi connectivity index (χ2v) is 4.97. The molecule has 1 saturated heterocycles. The van der Waals surface area contributed by atoms with E-state index in [9.17, 15) is 0 Å². The Morgan fingerprint density at radius 1 is 1.05 bits per heavy atom. The van der Waals surface area contributed by atoms with Gasteiger partial charge in [-0.3, -0.25) is 0 Å². The lowest BCUT2D eigenvalue weighted by Crippen LogP contribution is -2.08. The topological polar surface area (TPSA) is 35.8 Å². The molecule has 2 nitrogen and oxygen atoms in total. The maximum absolute atomic E-state index is 8.87. The fourth-order valence-corrected chi connectivity index (χ4v) is 2.76. The summed E-state index contributed by atoms with van der Waals surface area (Å²) < 4.78 is 0. The van der Waals surface area contributed by atoms with Crippen LogP contribution in [0, 0.1) is 11.3 Å². The zero-order valence-corrected chi connectivity index (χ0v) is 10.8. The lowest BCUT2D eigenvalue weighted by molar-refractivity contribution is 0.765. The highest BCUT2D eigenvalue weighted by atomic mass is 14.9. The highest BCUT2D eigenvalue weighted by Crippen LogP contribution is 2.32. The van der Waals surface area contributed by atoms with Crippen molar-refractivity contribution in [2.24, 2.45) is 0 Å². The van der Waals surface area contributed by atoms with Gasteiger partial charge in [0.05, 0.1) is 11.6 Å². The van der Waals surface area contributed by atoms with E-state index in [0.29, 0.717) is 11.5 Å². The van der Waals surface area contributed by atoms with Crippen molar-refractivity contribution < 1.29 is 0 Å². The summed E-state index contributed by atoms with van der Waals surface area (Å²) in [6.07, 6.45) is 1.20. The average molecular weight is 248 g/mol. The second kappa shape index (κ2) is 5.26. The molecule has 0 radical (unpaired) electrons. The van der Waals surface area contributed by atoms with E-state index in [2.05, 4.69) is 35.7 Å². The summed E-state index contributed by atoms with van der Waals surface area (Å²) in [5.74, 6) is 0.604. The highest BCUT2D eigenvalue weighted by Gasteiger charge is 2.19. The number of hydrogen-bond donors (Lipinski definition) is 1. The molecule has 2 aromatic rings. The Hall–Kier alpha value is -2.11. The zero-order chi connectivity index (χ0) is 13.1. The largest absolute Gasteiger partial charge is 0.316 e. The minimum atomic E-state index is 0.604. The molecule has 1 heterocycles. The smallest absolute Gasteiger partial charge is 0.0991 e. The third-order valence-electron chi connectivity index (χ3n) is 3.79. The molecule has 0 aromatic heterocycles. The molecule has 3 rings (SSSR count). The van der Waals surface area contributed by atoms with E-state index in [1.54, 1.807) is 0 Å². The molecule has 0 spiro atoms.